The van der Waals surface area contributed by atoms with E-state index in [-0.39, 0.29) is 19.0 Å². The molecule has 0 bridgehead atoms. The van der Waals surface area contributed by atoms with Gasteiger partial charge in [0.25, 0.3) is 0 Å². The standard InChI is InChI=1S/C22H28ClN3O4S/c1-4-14-24-22(28)21(18-8-6-5-7-9-18)26(15-17-10-12-19(23)13-11-17)20(27)16-25(2)31(3,29)30/h5-13,21H,4,14-16H2,1-3H3,(H,24,28). The highest BCUT2D eigenvalue weighted by molar-refractivity contribution is 7.88. The smallest absolute Gasteiger partial charge is 0.247 e. The highest BCUT2D eigenvalue weighted by Crippen LogP contribution is 2.25. The molecule has 0 radical (unpaired) electrons. The predicted molar refractivity (Wildman–Crippen MR) is 122 cm³/mol. The molecule has 1 N–H and O–H groups in total. The van der Waals surface area contributed by atoms with Gasteiger partial charge in [0.05, 0.1) is 12.8 Å². The highest BCUT2D eigenvalue weighted by Gasteiger charge is 2.32. The van der Waals surface area contributed by atoms with E-state index in [9.17, 15) is 18.0 Å². The maximum absolute atomic E-state index is 13.3. The van der Waals surface area contributed by atoms with Crippen molar-refractivity contribution in [2.45, 2.75) is 25.9 Å². The SMILES string of the molecule is CCCNC(=O)C(c1ccccc1)N(Cc1ccc(Cl)cc1)C(=O)CN(C)S(C)(=O)=O. The van der Waals surface area contributed by atoms with Crippen molar-refractivity contribution in [2.75, 3.05) is 26.4 Å². The molecule has 1 atom stereocenters. The molecule has 0 saturated carbocycles. The summed E-state index contributed by atoms with van der Waals surface area (Å²) in [6, 6.07) is 15.0. The van der Waals surface area contributed by atoms with Crippen LogP contribution in [-0.4, -0.2) is 55.8 Å². The zero-order chi connectivity index (χ0) is 23.0. The number of carbonyl (C=O) groups is 2. The predicted octanol–water partition coefficient (Wildman–Crippen LogP) is 2.83. The third kappa shape index (κ3) is 7.34. The van der Waals surface area contributed by atoms with E-state index in [4.69, 9.17) is 11.6 Å². The fraction of sp³-hybridized carbons (Fsp3) is 0.364. The van der Waals surface area contributed by atoms with E-state index < -0.39 is 22.0 Å². The van der Waals surface area contributed by atoms with E-state index >= 15 is 0 Å². The van der Waals surface area contributed by atoms with Crippen molar-refractivity contribution >= 4 is 33.4 Å². The van der Waals surface area contributed by atoms with Gasteiger partial charge in [0.1, 0.15) is 6.04 Å². The molecule has 31 heavy (non-hydrogen) atoms. The van der Waals surface area contributed by atoms with Gasteiger partial charge in [-0.05, 0) is 29.7 Å². The monoisotopic (exact) mass is 465 g/mol. The molecular formula is C22H28ClN3O4S. The lowest BCUT2D eigenvalue weighted by Crippen LogP contribution is -2.47. The molecule has 7 nitrogen and oxygen atoms in total. The van der Waals surface area contributed by atoms with Crippen LogP contribution >= 0.6 is 11.6 Å². The fourth-order valence-electron chi connectivity index (χ4n) is 2.96. The second-order valence-corrected chi connectivity index (χ2v) is 9.80. The minimum absolute atomic E-state index is 0.118. The lowest BCUT2D eigenvalue weighted by molar-refractivity contribution is -0.141. The molecule has 0 aliphatic heterocycles. The van der Waals surface area contributed by atoms with Gasteiger partial charge < -0.3 is 10.2 Å². The van der Waals surface area contributed by atoms with Crippen LogP contribution in [0.1, 0.15) is 30.5 Å². The number of nitrogens with zero attached hydrogens (tertiary/aromatic N) is 2. The average Bonchev–Trinajstić information content (AvgIpc) is 2.73. The lowest BCUT2D eigenvalue weighted by Gasteiger charge is -2.32. The molecule has 1 unspecified atom stereocenters. The first-order valence-electron chi connectivity index (χ1n) is 9.91. The third-order valence-electron chi connectivity index (χ3n) is 4.74. The summed E-state index contributed by atoms with van der Waals surface area (Å²) in [6.07, 6.45) is 1.78. The Kier molecular flexibility index (Phi) is 9.03. The Morgan fingerprint density at radius 1 is 1.06 bits per heavy atom. The molecule has 2 aromatic rings. The van der Waals surface area contributed by atoms with Gasteiger partial charge >= 0.3 is 0 Å². The Bertz CT molecular complexity index is 982. The van der Waals surface area contributed by atoms with Gasteiger partial charge in [-0.15, -0.1) is 0 Å². The molecule has 168 valence electrons. The average molecular weight is 466 g/mol. The number of hydrogen-bond acceptors (Lipinski definition) is 4. The maximum atomic E-state index is 13.3. The second-order valence-electron chi connectivity index (χ2n) is 7.27. The van der Waals surface area contributed by atoms with Crippen LogP contribution in [0.5, 0.6) is 0 Å². The normalized spacial score (nSPS) is 12.4. The number of halogens is 1. The van der Waals surface area contributed by atoms with Crippen LogP contribution in [0.2, 0.25) is 5.02 Å². The minimum atomic E-state index is -3.57. The van der Waals surface area contributed by atoms with Crippen molar-refractivity contribution in [1.82, 2.24) is 14.5 Å². The van der Waals surface area contributed by atoms with Crippen molar-refractivity contribution in [3.63, 3.8) is 0 Å². The fourth-order valence-corrected chi connectivity index (χ4v) is 3.43. The zero-order valence-corrected chi connectivity index (χ0v) is 19.5. The van der Waals surface area contributed by atoms with Gasteiger partial charge in [-0.3, -0.25) is 9.59 Å². The molecule has 0 aliphatic carbocycles. The van der Waals surface area contributed by atoms with Crippen LogP contribution in [-0.2, 0) is 26.2 Å². The molecule has 0 heterocycles. The molecule has 0 saturated heterocycles. The Morgan fingerprint density at radius 3 is 2.23 bits per heavy atom. The van der Waals surface area contributed by atoms with E-state index in [1.54, 1.807) is 48.5 Å². The summed E-state index contributed by atoms with van der Waals surface area (Å²) in [4.78, 5) is 27.8. The van der Waals surface area contributed by atoms with Crippen LogP contribution in [0, 0.1) is 0 Å². The van der Waals surface area contributed by atoms with Crippen molar-refractivity contribution in [2.24, 2.45) is 0 Å². The third-order valence-corrected chi connectivity index (χ3v) is 6.25. The molecule has 0 fully saturated rings. The molecule has 2 aromatic carbocycles. The molecule has 0 spiro atoms. The summed E-state index contributed by atoms with van der Waals surface area (Å²) < 4.78 is 24.7. The molecule has 2 amide bonds. The van der Waals surface area contributed by atoms with Gasteiger partial charge in [0, 0.05) is 25.2 Å². The van der Waals surface area contributed by atoms with Crippen LogP contribution < -0.4 is 5.32 Å². The molecule has 0 aliphatic rings. The number of benzene rings is 2. The van der Waals surface area contributed by atoms with Gasteiger partial charge in [0.15, 0.2) is 0 Å². The van der Waals surface area contributed by atoms with Crippen LogP contribution in [0.4, 0.5) is 0 Å². The van der Waals surface area contributed by atoms with Crippen LogP contribution in [0.3, 0.4) is 0 Å². The van der Waals surface area contributed by atoms with Gasteiger partial charge in [-0.2, -0.15) is 4.31 Å². The van der Waals surface area contributed by atoms with Crippen molar-refractivity contribution in [1.29, 1.82) is 0 Å². The van der Waals surface area contributed by atoms with E-state index in [0.29, 0.717) is 17.1 Å². The molecular weight excluding hydrogens is 438 g/mol. The number of hydrogen-bond donors (Lipinski definition) is 1. The molecule has 9 heteroatoms. The maximum Gasteiger partial charge on any atom is 0.247 e. The zero-order valence-electron chi connectivity index (χ0n) is 17.9. The largest absolute Gasteiger partial charge is 0.354 e. The van der Waals surface area contributed by atoms with Crippen molar-refractivity contribution in [3.05, 3.63) is 70.7 Å². The number of nitrogens with one attached hydrogen (secondary N) is 1. The van der Waals surface area contributed by atoms with E-state index in [1.807, 2.05) is 13.0 Å². The van der Waals surface area contributed by atoms with Crippen molar-refractivity contribution in [3.8, 4) is 0 Å². The quantitative estimate of drug-likeness (QED) is 0.584. The Morgan fingerprint density at radius 2 is 1.68 bits per heavy atom. The van der Waals surface area contributed by atoms with E-state index in [0.717, 1.165) is 22.5 Å². The van der Waals surface area contributed by atoms with Crippen molar-refractivity contribution < 1.29 is 18.0 Å². The summed E-state index contributed by atoms with van der Waals surface area (Å²) >= 11 is 5.98. The first-order valence-corrected chi connectivity index (χ1v) is 12.1. The number of amides is 2. The van der Waals surface area contributed by atoms with Crippen LogP contribution in [0.25, 0.3) is 0 Å². The van der Waals surface area contributed by atoms with Gasteiger partial charge in [-0.25, -0.2) is 8.42 Å². The summed E-state index contributed by atoms with van der Waals surface area (Å²) in [5, 5.41) is 3.41. The van der Waals surface area contributed by atoms with E-state index in [2.05, 4.69) is 5.32 Å². The Hall–Kier alpha value is -2.42. The minimum Gasteiger partial charge on any atom is -0.354 e. The number of likely N-dealkylation sites (N-methyl/N-ethyl adjacent to an activating group) is 1. The van der Waals surface area contributed by atoms with E-state index in [1.165, 1.54) is 11.9 Å². The second kappa shape index (κ2) is 11.3. The lowest BCUT2D eigenvalue weighted by atomic mass is 10.0. The Labute approximate surface area is 189 Å². The molecule has 2 rings (SSSR count). The van der Waals surface area contributed by atoms with Gasteiger partial charge in [0.2, 0.25) is 21.8 Å². The number of rotatable bonds is 10. The summed E-state index contributed by atoms with van der Waals surface area (Å²) in [6.45, 7) is 2.15. The summed E-state index contributed by atoms with van der Waals surface area (Å²) in [7, 11) is -2.23. The first kappa shape index (κ1) is 24.8. The highest BCUT2D eigenvalue weighted by atomic mass is 35.5. The summed E-state index contributed by atoms with van der Waals surface area (Å²) in [5.74, 6) is -0.805. The number of carbonyl (C=O) groups excluding carboxylic acids is 2. The Balaban J connectivity index is 2.47. The topological polar surface area (TPSA) is 86.8 Å². The molecule has 0 aromatic heterocycles. The first-order chi connectivity index (χ1) is 14.6. The summed E-state index contributed by atoms with van der Waals surface area (Å²) in [5.41, 5.74) is 1.41. The number of sulfonamides is 1. The van der Waals surface area contributed by atoms with Crippen LogP contribution in [0.15, 0.2) is 54.6 Å². The van der Waals surface area contributed by atoms with Gasteiger partial charge in [-0.1, -0.05) is 61.0 Å².